The first-order valence-electron chi connectivity index (χ1n) is 11.8. The Morgan fingerprint density at radius 1 is 0.968 bits per heavy atom. The molecule has 2 aromatic carbocycles. The summed E-state index contributed by atoms with van der Waals surface area (Å²) in [5.74, 6) is -0.163. The van der Waals surface area contributed by atoms with Gasteiger partial charge < -0.3 is 5.11 Å². The predicted molar refractivity (Wildman–Crippen MR) is 126 cm³/mol. The number of allylic oxidation sites excluding steroid dienone is 2. The van der Waals surface area contributed by atoms with Gasteiger partial charge >= 0.3 is 5.97 Å². The Kier molecular flexibility index (Phi) is 4.52. The molecule has 0 saturated heterocycles. The van der Waals surface area contributed by atoms with E-state index in [0.29, 0.717) is 16.9 Å². The van der Waals surface area contributed by atoms with E-state index in [2.05, 4.69) is 52.0 Å². The topological polar surface area (TPSA) is 37.3 Å². The molecule has 0 spiro atoms. The van der Waals surface area contributed by atoms with Gasteiger partial charge in [0.2, 0.25) is 0 Å². The van der Waals surface area contributed by atoms with Gasteiger partial charge in [-0.25, -0.2) is 4.79 Å². The minimum Gasteiger partial charge on any atom is -0.478 e. The van der Waals surface area contributed by atoms with Crippen molar-refractivity contribution < 1.29 is 9.90 Å². The highest BCUT2D eigenvalue weighted by Crippen LogP contribution is 2.67. The molecule has 2 atom stereocenters. The van der Waals surface area contributed by atoms with Gasteiger partial charge in [-0.15, -0.1) is 0 Å². The van der Waals surface area contributed by atoms with E-state index in [1.807, 2.05) is 12.1 Å². The second kappa shape index (κ2) is 6.82. The van der Waals surface area contributed by atoms with E-state index in [1.54, 1.807) is 34.4 Å². The van der Waals surface area contributed by atoms with Crippen LogP contribution in [0, 0.1) is 5.92 Å². The zero-order chi connectivity index (χ0) is 22.0. The van der Waals surface area contributed by atoms with E-state index in [0.717, 1.165) is 6.42 Å². The fourth-order valence-corrected chi connectivity index (χ4v) is 6.25. The van der Waals surface area contributed by atoms with Gasteiger partial charge in [0.05, 0.1) is 5.56 Å². The van der Waals surface area contributed by atoms with Gasteiger partial charge in [0.15, 0.2) is 0 Å². The van der Waals surface area contributed by atoms with Gasteiger partial charge in [0.1, 0.15) is 0 Å². The minimum atomic E-state index is -0.861. The average Bonchev–Trinajstić information content (AvgIpc) is 3.37. The lowest BCUT2D eigenvalue weighted by molar-refractivity contribution is 0.0697. The molecule has 162 valence electrons. The van der Waals surface area contributed by atoms with Gasteiger partial charge in [-0.05, 0) is 89.7 Å². The van der Waals surface area contributed by atoms with Gasteiger partial charge in [0, 0.05) is 5.41 Å². The third-order valence-electron chi connectivity index (χ3n) is 8.61. The molecule has 5 rings (SSSR count). The smallest absolute Gasteiger partial charge is 0.335 e. The molecular formula is C29H34O2. The standard InChI is InChI=1S/C29H34O2/c1-27(2)15-16-28(3,4)24-17-22(11-12-23(24)27)29-14-13-20(25(29)18-29)8-5-19-6-9-21(10-7-19)26(30)31/h6-12,17,25H,5,13-16,18H2,1-4H3,(H,30,31)/b20-8+. The van der Waals surface area contributed by atoms with Crippen LogP contribution < -0.4 is 0 Å². The van der Waals surface area contributed by atoms with Crippen LogP contribution in [0.1, 0.15) is 92.4 Å². The molecule has 1 N–H and O–H groups in total. The van der Waals surface area contributed by atoms with Crippen molar-refractivity contribution in [3.8, 4) is 0 Å². The number of benzene rings is 2. The van der Waals surface area contributed by atoms with E-state index in [-0.39, 0.29) is 10.8 Å². The van der Waals surface area contributed by atoms with E-state index in [4.69, 9.17) is 5.11 Å². The Morgan fingerprint density at radius 3 is 2.29 bits per heavy atom. The Labute approximate surface area is 186 Å². The summed E-state index contributed by atoms with van der Waals surface area (Å²) in [5, 5.41) is 9.08. The zero-order valence-corrected chi connectivity index (χ0v) is 19.3. The lowest BCUT2D eigenvalue weighted by Gasteiger charge is -2.42. The van der Waals surface area contributed by atoms with Crippen LogP contribution in [0.15, 0.2) is 54.1 Å². The fraction of sp³-hybridized carbons (Fsp3) is 0.483. The van der Waals surface area contributed by atoms with E-state index in [9.17, 15) is 4.79 Å². The Hall–Kier alpha value is -2.35. The number of hydrogen-bond donors (Lipinski definition) is 1. The Bertz CT molecular complexity index is 1070. The molecule has 2 saturated carbocycles. The second-order valence-corrected chi connectivity index (χ2v) is 11.4. The first-order chi connectivity index (χ1) is 14.6. The molecule has 0 heterocycles. The Morgan fingerprint density at radius 2 is 1.65 bits per heavy atom. The monoisotopic (exact) mass is 414 g/mol. The molecule has 0 amide bonds. The van der Waals surface area contributed by atoms with Crippen molar-refractivity contribution >= 4 is 5.97 Å². The number of aromatic carboxylic acids is 1. The van der Waals surface area contributed by atoms with Gasteiger partial charge in [-0.2, -0.15) is 0 Å². The maximum atomic E-state index is 11.1. The van der Waals surface area contributed by atoms with Crippen molar-refractivity contribution in [2.75, 3.05) is 0 Å². The van der Waals surface area contributed by atoms with Crippen LogP contribution in [0.3, 0.4) is 0 Å². The first kappa shape index (κ1) is 20.5. The lowest BCUT2D eigenvalue weighted by atomic mass is 9.62. The molecule has 0 radical (unpaired) electrons. The van der Waals surface area contributed by atoms with E-state index < -0.39 is 5.97 Å². The minimum absolute atomic E-state index is 0.265. The van der Waals surface area contributed by atoms with Crippen LogP contribution in [0.4, 0.5) is 0 Å². The average molecular weight is 415 g/mol. The van der Waals surface area contributed by atoms with Crippen LogP contribution in [-0.2, 0) is 22.7 Å². The number of carbonyl (C=O) groups is 1. The summed E-state index contributed by atoms with van der Waals surface area (Å²) < 4.78 is 0. The summed E-state index contributed by atoms with van der Waals surface area (Å²) in [6, 6.07) is 14.8. The molecule has 2 unspecified atom stereocenters. The summed E-state index contributed by atoms with van der Waals surface area (Å²) in [6.07, 6.45) is 9.60. The lowest BCUT2D eigenvalue weighted by Crippen LogP contribution is -2.34. The maximum Gasteiger partial charge on any atom is 0.335 e. The maximum absolute atomic E-state index is 11.1. The quantitative estimate of drug-likeness (QED) is 0.549. The number of fused-ring (bicyclic) bond motifs is 2. The fourth-order valence-electron chi connectivity index (χ4n) is 6.25. The summed E-state index contributed by atoms with van der Waals surface area (Å²) >= 11 is 0. The summed E-state index contributed by atoms with van der Waals surface area (Å²) in [6.45, 7) is 9.64. The van der Waals surface area contributed by atoms with E-state index in [1.165, 1.54) is 37.7 Å². The summed E-state index contributed by atoms with van der Waals surface area (Å²) in [5.41, 5.74) is 8.77. The van der Waals surface area contributed by atoms with Crippen molar-refractivity contribution in [1.82, 2.24) is 0 Å². The molecule has 3 aliphatic rings. The van der Waals surface area contributed by atoms with Crippen molar-refractivity contribution in [3.05, 3.63) is 81.9 Å². The van der Waals surface area contributed by atoms with Crippen LogP contribution in [0.5, 0.6) is 0 Å². The summed E-state index contributed by atoms with van der Waals surface area (Å²) in [4.78, 5) is 11.1. The van der Waals surface area contributed by atoms with Crippen LogP contribution >= 0.6 is 0 Å². The molecule has 2 heteroatoms. The number of carboxylic acid groups (broad SMARTS) is 1. The van der Waals surface area contributed by atoms with Crippen molar-refractivity contribution in [3.63, 3.8) is 0 Å². The van der Waals surface area contributed by atoms with Crippen LogP contribution in [0.25, 0.3) is 0 Å². The predicted octanol–water partition coefficient (Wildman–Crippen LogP) is 6.95. The van der Waals surface area contributed by atoms with Crippen LogP contribution in [-0.4, -0.2) is 11.1 Å². The van der Waals surface area contributed by atoms with Crippen molar-refractivity contribution in [2.45, 2.75) is 82.5 Å². The zero-order valence-electron chi connectivity index (χ0n) is 19.3. The molecule has 3 aliphatic carbocycles. The molecule has 2 aromatic rings. The SMILES string of the molecule is CC1(C)CCC(C)(C)c2cc(C34CC/C(=C\Cc5ccc(C(=O)O)cc5)C3C4)ccc21. The molecule has 0 aliphatic heterocycles. The molecule has 31 heavy (non-hydrogen) atoms. The number of hydrogen-bond acceptors (Lipinski definition) is 1. The van der Waals surface area contributed by atoms with Gasteiger partial charge in [-0.1, -0.05) is 69.7 Å². The molecular weight excluding hydrogens is 380 g/mol. The highest BCUT2D eigenvalue weighted by molar-refractivity contribution is 5.87. The van der Waals surface area contributed by atoms with Gasteiger partial charge in [-0.3, -0.25) is 0 Å². The van der Waals surface area contributed by atoms with Crippen molar-refractivity contribution in [1.29, 1.82) is 0 Å². The summed E-state index contributed by atoms with van der Waals surface area (Å²) in [7, 11) is 0. The second-order valence-electron chi connectivity index (χ2n) is 11.4. The number of rotatable bonds is 4. The Balaban J connectivity index is 1.37. The largest absolute Gasteiger partial charge is 0.478 e. The van der Waals surface area contributed by atoms with Gasteiger partial charge in [0.25, 0.3) is 0 Å². The highest BCUT2D eigenvalue weighted by Gasteiger charge is 2.60. The third-order valence-corrected chi connectivity index (χ3v) is 8.61. The van der Waals surface area contributed by atoms with E-state index >= 15 is 0 Å². The highest BCUT2D eigenvalue weighted by atomic mass is 16.4. The van der Waals surface area contributed by atoms with Crippen LogP contribution in [0.2, 0.25) is 0 Å². The third kappa shape index (κ3) is 3.35. The molecule has 0 aromatic heterocycles. The molecule has 2 nitrogen and oxygen atoms in total. The first-order valence-corrected chi connectivity index (χ1v) is 11.8. The number of carboxylic acids is 1. The van der Waals surface area contributed by atoms with Crippen molar-refractivity contribution in [2.24, 2.45) is 5.92 Å². The normalized spacial score (nSPS) is 28.8. The molecule has 0 bridgehead atoms. The molecule has 2 fully saturated rings.